The molecule has 0 saturated heterocycles. The van der Waals surface area contributed by atoms with Crippen molar-refractivity contribution in [3.8, 4) is 17.1 Å². The highest BCUT2D eigenvalue weighted by Crippen LogP contribution is 2.22. The Morgan fingerprint density at radius 3 is 2.74 bits per heavy atom. The molecular weight excluding hydrogens is 245 g/mol. The van der Waals surface area contributed by atoms with Crippen LogP contribution >= 0.6 is 0 Å². The Bertz CT molecular complexity index is 705. The summed E-state index contributed by atoms with van der Waals surface area (Å²) in [7, 11) is 0. The van der Waals surface area contributed by atoms with Crippen LogP contribution in [-0.2, 0) is 0 Å². The Hall–Kier alpha value is -2.76. The summed E-state index contributed by atoms with van der Waals surface area (Å²) in [5.41, 5.74) is 7.35. The topological polar surface area (TPSA) is 69.6 Å². The largest absolute Gasteiger partial charge is 0.384 e. The van der Waals surface area contributed by atoms with Gasteiger partial charge >= 0.3 is 0 Å². The van der Waals surface area contributed by atoms with Crippen molar-refractivity contribution in [1.82, 2.24) is 19.5 Å². The fraction of sp³-hybridized carbons (Fsp3) is 0. The lowest BCUT2D eigenvalue weighted by Gasteiger charge is -2.07. The molecule has 3 rings (SSSR count). The summed E-state index contributed by atoms with van der Waals surface area (Å²) in [4.78, 5) is 12.1. The summed E-state index contributed by atoms with van der Waals surface area (Å²) in [6, 6.07) is 6.52. The Labute approximate surface area is 108 Å². The third-order valence-corrected chi connectivity index (χ3v) is 2.67. The first-order valence-corrected chi connectivity index (χ1v) is 5.60. The number of nitrogen functional groups attached to an aromatic ring is 1. The van der Waals surface area contributed by atoms with Crippen molar-refractivity contribution < 1.29 is 4.39 Å². The first kappa shape index (κ1) is 11.3. The normalized spacial score (nSPS) is 10.6. The second-order valence-electron chi connectivity index (χ2n) is 3.95. The minimum atomic E-state index is -0.376. The molecule has 3 heterocycles. The van der Waals surface area contributed by atoms with Gasteiger partial charge in [0.15, 0.2) is 0 Å². The van der Waals surface area contributed by atoms with Crippen molar-refractivity contribution in [2.24, 2.45) is 0 Å². The van der Waals surface area contributed by atoms with E-state index in [4.69, 9.17) is 5.73 Å². The molecule has 0 radical (unpaired) electrons. The lowest BCUT2D eigenvalue weighted by molar-refractivity contribution is 0.620. The second kappa shape index (κ2) is 4.49. The SMILES string of the molecule is Nc1cc(-c2cncn2-c2ccc(F)cn2)ccn1. The van der Waals surface area contributed by atoms with E-state index in [-0.39, 0.29) is 5.82 Å². The molecule has 0 aliphatic rings. The Balaban J connectivity index is 2.10. The summed E-state index contributed by atoms with van der Waals surface area (Å²) in [6.07, 6.45) is 6.10. The fourth-order valence-corrected chi connectivity index (χ4v) is 1.81. The molecule has 0 unspecified atom stereocenters. The number of aromatic nitrogens is 4. The maximum absolute atomic E-state index is 12.9. The van der Waals surface area contributed by atoms with Gasteiger partial charge in [0.1, 0.15) is 23.8 Å². The Morgan fingerprint density at radius 2 is 2.00 bits per heavy atom. The molecule has 3 aromatic heterocycles. The van der Waals surface area contributed by atoms with Crippen LogP contribution in [0.5, 0.6) is 0 Å². The number of halogens is 1. The number of hydrogen-bond acceptors (Lipinski definition) is 4. The minimum Gasteiger partial charge on any atom is -0.384 e. The molecule has 0 fully saturated rings. The number of pyridine rings is 2. The zero-order chi connectivity index (χ0) is 13.2. The predicted octanol–water partition coefficient (Wildman–Crippen LogP) is 2.05. The molecule has 0 spiro atoms. The lowest BCUT2D eigenvalue weighted by Crippen LogP contribution is -1.99. The van der Waals surface area contributed by atoms with Crippen molar-refractivity contribution in [3.05, 3.63) is 55.0 Å². The summed E-state index contributed by atoms with van der Waals surface area (Å²) in [5.74, 6) is 0.639. The summed E-state index contributed by atoms with van der Waals surface area (Å²) < 4.78 is 14.7. The van der Waals surface area contributed by atoms with Gasteiger partial charge in [0, 0.05) is 11.8 Å². The zero-order valence-electron chi connectivity index (χ0n) is 9.86. The maximum Gasteiger partial charge on any atom is 0.141 e. The molecule has 0 amide bonds. The molecular formula is C13H10FN5. The third kappa shape index (κ3) is 2.15. The van der Waals surface area contributed by atoms with Crippen LogP contribution in [0.15, 0.2) is 49.2 Å². The molecule has 0 saturated carbocycles. The zero-order valence-corrected chi connectivity index (χ0v) is 9.86. The average molecular weight is 255 g/mol. The van der Waals surface area contributed by atoms with Gasteiger partial charge in [-0.2, -0.15) is 0 Å². The molecule has 0 aliphatic carbocycles. The summed E-state index contributed by atoms with van der Waals surface area (Å²) in [5, 5.41) is 0. The van der Waals surface area contributed by atoms with Gasteiger partial charge in [0.05, 0.1) is 18.1 Å². The van der Waals surface area contributed by atoms with Crippen LogP contribution in [0.1, 0.15) is 0 Å². The van der Waals surface area contributed by atoms with Crippen LogP contribution in [0.3, 0.4) is 0 Å². The molecule has 6 heteroatoms. The molecule has 0 bridgehead atoms. The molecule has 0 aromatic carbocycles. The fourth-order valence-electron chi connectivity index (χ4n) is 1.81. The summed E-state index contributed by atoms with van der Waals surface area (Å²) >= 11 is 0. The van der Waals surface area contributed by atoms with Gasteiger partial charge in [-0.05, 0) is 24.3 Å². The second-order valence-corrected chi connectivity index (χ2v) is 3.95. The highest BCUT2D eigenvalue weighted by molar-refractivity contribution is 5.63. The van der Waals surface area contributed by atoms with Crippen LogP contribution < -0.4 is 5.73 Å². The molecule has 94 valence electrons. The van der Waals surface area contributed by atoms with E-state index in [9.17, 15) is 4.39 Å². The number of rotatable bonds is 2. The molecule has 19 heavy (non-hydrogen) atoms. The highest BCUT2D eigenvalue weighted by atomic mass is 19.1. The van der Waals surface area contributed by atoms with E-state index in [0.29, 0.717) is 11.6 Å². The van der Waals surface area contributed by atoms with Gasteiger partial charge in [0.2, 0.25) is 0 Å². The van der Waals surface area contributed by atoms with Gasteiger partial charge in [0.25, 0.3) is 0 Å². The van der Waals surface area contributed by atoms with E-state index in [1.54, 1.807) is 35.4 Å². The van der Waals surface area contributed by atoms with E-state index in [1.165, 1.54) is 12.3 Å². The molecule has 0 aliphatic heterocycles. The third-order valence-electron chi connectivity index (χ3n) is 2.67. The smallest absolute Gasteiger partial charge is 0.141 e. The van der Waals surface area contributed by atoms with Gasteiger partial charge < -0.3 is 5.73 Å². The number of hydrogen-bond donors (Lipinski definition) is 1. The van der Waals surface area contributed by atoms with Crippen LogP contribution in [0.4, 0.5) is 10.2 Å². The molecule has 0 atom stereocenters. The molecule has 3 aromatic rings. The Kier molecular flexibility index (Phi) is 2.68. The lowest BCUT2D eigenvalue weighted by atomic mass is 10.2. The van der Waals surface area contributed by atoms with Crippen molar-refractivity contribution >= 4 is 5.82 Å². The highest BCUT2D eigenvalue weighted by Gasteiger charge is 2.08. The average Bonchev–Trinajstić information content (AvgIpc) is 2.89. The van der Waals surface area contributed by atoms with E-state index >= 15 is 0 Å². The number of nitrogens with two attached hydrogens (primary N) is 1. The Morgan fingerprint density at radius 1 is 1.11 bits per heavy atom. The van der Waals surface area contributed by atoms with Gasteiger partial charge in [-0.25, -0.2) is 19.3 Å². The maximum atomic E-state index is 12.9. The van der Waals surface area contributed by atoms with Gasteiger partial charge in [-0.3, -0.25) is 4.57 Å². The molecule has 5 nitrogen and oxygen atoms in total. The number of anilines is 1. The van der Waals surface area contributed by atoms with E-state index in [2.05, 4.69) is 15.0 Å². The van der Waals surface area contributed by atoms with E-state index in [0.717, 1.165) is 11.3 Å². The first-order chi connectivity index (χ1) is 9.24. The summed E-state index contributed by atoms with van der Waals surface area (Å²) in [6.45, 7) is 0. The van der Waals surface area contributed by atoms with Gasteiger partial charge in [-0.15, -0.1) is 0 Å². The minimum absolute atomic E-state index is 0.376. The van der Waals surface area contributed by atoms with Crippen molar-refractivity contribution in [2.75, 3.05) is 5.73 Å². The quantitative estimate of drug-likeness (QED) is 0.760. The van der Waals surface area contributed by atoms with Crippen molar-refractivity contribution in [2.45, 2.75) is 0 Å². The monoisotopic (exact) mass is 255 g/mol. The van der Waals surface area contributed by atoms with Crippen molar-refractivity contribution in [1.29, 1.82) is 0 Å². The van der Waals surface area contributed by atoms with Crippen LogP contribution in [0.2, 0.25) is 0 Å². The standard InChI is InChI=1S/C13H10FN5/c14-10-1-2-13(18-6-10)19-8-16-7-11(19)9-3-4-17-12(15)5-9/h1-8H,(H2,15,17). The molecule has 2 N–H and O–H groups in total. The number of nitrogens with zero attached hydrogens (tertiary/aromatic N) is 4. The van der Waals surface area contributed by atoms with Crippen molar-refractivity contribution in [3.63, 3.8) is 0 Å². The van der Waals surface area contributed by atoms with Crippen LogP contribution in [0.25, 0.3) is 17.1 Å². The van der Waals surface area contributed by atoms with Crippen LogP contribution in [-0.4, -0.2) is 19.5 Å². The van der Waals surface area contributed by atoms with E-state index < -0.39 is 0 Å². The van der Waals surface area contributed by atoms with Gasteiger partial charge in [-0.1, -0.05) is 0 Å². The number of imidazole rings is 1. The van der Waals surface area contributed by atoms with E-state index in [1.807, 2.05) is 6.07 Å². The van der Waals surface area contributed by atoms with Crippen LogP contribution in [0, 0.1) is 5.82 Å². The first-order valence-electron chi connectivity index (χ1n) is 5.60. The predicted molar refractivity (Wildman–Crippen MR) is 69.0 cm³/mol.